The van der Waals surface area contributed by atoms with Gasteiger partial charge in [0.1, 0.15) is 18.0 Å². The highest BCUT2D eigenvalue weighted by Gasteiger charge is 2.30. The molecule has 2 aliphatic rings. The predicted molar refractivity (Wildman–Crippen MR) is 83.2 cm³/mol. The lowest BCUT2D eigenvalue weighted by Crippen LogP contribution is -2.30. The molecule has 3 rings (SSSR count). The van der Waals surface area contributed by atoms with Crippen molar-refractivity contribution in [1.29, 1.82) is 0 Å². The molecule has 0 atom stereocenters. The maximum absolute atomic E-state index is 4.58. The van der Waals surface area contributed by atoms with Crippen LogP contribution in [0.15, 0.2) is 6.33 Å². The Morgan fingerprint density at radius 2 is 1.80 bits per heavy atom. The molecule has 2 saturated carbocycles. The van der Waals surface area contributed by atoms with E-state index in [1.54, 1.807) is 6.33 Å². The van der Waals surface area contributed by atoms with Gasteiger partial charge in [0.05, 0.1) is 0 Å². The molecule has 2 fully saturated rings. The van der Waals surface area contributed by atoms with Gasteiger partial charge >= 0.3 is 0 Å². The van der Waals surface area contributed by atoms with Crippen molar-refractivity contribution in [2.24, 2.45) is 11.8 Å². The summed E-state index contributed by atoms with van der Waals surface area (Å²) in [5.41, 5.74) is 1.21. The van der Waals surface area contributed by atoms with Gasteiger partial charge in [-0.1, -0.05) is 6.92 Å². The van der Waals surface area contributed by atoms with Gasteiger partial charge in [-0.15, -0.1) is 0 Å². The first kappa shape index (κ1) is 13.7. The second-order valence-electron chi connectivity index (χ2n) is 6.39. The van der Waals surface area contributed by atoms with Crippen molar-refractivity contribution in [3.8, 4) is 0 Å². The van der Waals surface area contributed by atoms with E-state index in [1.807, 2.05) is 0 Å². The van der Waals surface area contributed by atoms with E-state index in [4.69, 9.17) is 0 Å². The molecule has 0 radical (unpaired) electrons. The standard InChI is InChI=1S/C16H26N4/c1-3-8-17-15-12(2)16(19-11-18-15)20(9-13-4-5-13)10-14-6-7-14/h11,13-14H,3-10H2,1-2H3,(H,17,18,19). The van der Waals surface area contributed by atoms with Crippen molar-refractivity contribution in [1.82, 2.24) is 9.97 Å². The van der Waals surface area contributed by atoms with Crippen LogP contribution in [-0.2, 0) is 0 Å². The molecular weight excluding hydrogens is 248 g/mol. The smallest absolute Gasteiger partial charge is 0.137 e. The normalized spacial score (nSPS) is 18.1. The molecular formula is C16H26N4. The van der Waals surface area contributed by atoms with Crippen LogP contribution in [0, 0.1) is 18.8 Å². The molecule has 4 heteroatoms. The lowest BCUT2D eigenvalue weighted by atomic mass is 10.2. The average Bonchev–Trinajstić information content (AvgIpc) is 3.32. The van der Waals surface area contributed by atoms with E-state index < -0.39 is 0 Å². The minimum Gasteiger partial charge on any atom is -0.370 e. The Labute approximate surface area is 122 Å². The molecule has 0 aromatic carbocycles. The van der Waals surface area contributed by atoms with E-state index in [2.05, 4.69) is 34.0 Å². The van der Waals surface area contributed by atoms with E-state index in [-0.39, 0.29) is 0 Å². The van der Waals surface area contributed by atoms with Gasteiger partial charge in [0.15, 0.2) is 0 Å². The molecule has 0 spiro atoms. The average molecular weight is 274 g/mol. The summed E-state index contributed by atoms with van der Waals surface area (Å²) >= 11 is 0. The van der Waals surface area contributed by atoms with Gasteiger partial charge in [0.25, 0.3) is 0 Å². The van der Waals surface area contributed by atoms with Gasteiger partial charge in [-0.3, -0.25) is 0 Å². The third-order valence-corrected chi connectivity index (χ3v) is 4.25. The van der Waals surface area contributed by atoms with E-state index >= 15 is 0 Å². The zero-order valence-electron chi connectivity index (χ0n) is 12.7. The van der Waals surface area contributed by atoms with Gasteiger partial charge in [-0.2, -0.15) is 0 Å². The third kappa shape index (κ3) is 3.41. The fourth-order valence-corrected chi connectivity index (χ4v) is 2.65. The van der Waals surface area contributed by atoms with E-state index in [0.717, 1.165) is 36.4 Å². The fourth-order valence-electron chi connectivity index (χ4n) is 2.65. The van der Waals surface area contributed by atoms with Crippen LogP contribution < -0.4 is 10.2 Å². The highest BCUT2D eigenvalue weighted by atomic mass is 15.2. The van der Waals surface area contributed by atoms with Crippen LogP contribution in [0.1, 0.15) is 44.6 Å². The summed E-state index contributed by atoms with van der Waals surface area (Å²) < 4.78 is 0. The molecule has 1 aromatic heterocycles. The first-order valence-electron chi connectivity index (χ1n) is 8.08. The first-order chi connectivity index (χ1) is 9.78. The van der Waals surface area contributed by atoms with E-state index in [0.29, 0.717) is 0 Å². The molecule has 1 heterocycles. The Morgan fingerprint density at radius 1 is 1.15 bits per heavy atom. The van der Waals surface area contributed by atoms with Crippen molar-refractivity contribution in [3.05, 3.63) is 11.9 Å². The monoisotopic (exact) mass is 274 g/mol. The van der Waals surface area contributed by atoms with Crippen LogP contribution in [0.5, 0.6) is 0 Å². The quantitative estimate of drug-likeness (QED) is 0.790. The Morgan fingerprint density at radius 3 is 2.35 bits per heavy atom. The number of rotatable bonds is 8. The number of hydrogen-bond acceptors (Lipinski definition) is 4. The van der Waals surface area contributed by atoms with Gasteiger partial charge in [-0.05, 0) is 50.9 Å². The number of anilines is 2. The molecule has 0 unspecified atom stereocenters. The molecule has 2 aliphatic carbocycles. The maximum atomic E-state index is 4.58. The zero-order valence-corrected chi connectivity index (χ0v) is 12.7. The Balaban J connectivity index is 1.76. The molecule has 1 N–H and O–H groups in total. The van der Waals surface area contributed by atoms with Crippen molar-refractivity contribution in [3.63, 3.8) is 0 Å². The summed E-state index contributed by atoms with van der Waals surface area (Å²) in [6.07, 6.45) is 8.41. The summed E-state index contributed by atoms with van der Waals surface area (Å²) in [4.78, 5) is 11.5. The molecule has 0 aliphatic heterocycles. The first-order valence-corrected chi connectivity index (χ1v) is 8.08. The van der Waals surface area contributed by atoms with Gasteiger partial charge < -0.3 is 10.2 Å². The van der Waals surface area contributed by atoms with E-state index in [1.165, 1.54) is 44.3 Å². The lowest BCUT2D eigenvalue weighted by molar-refractivity contribution is 0.668. The van der Waals surface area contributed by atoms with Crippen LogP contribution >= 0.6 is 0 Å². The van der Waals surface area contributed by atoms with Crippen LogP contribution in [0.2, 0.25) is 0 Å². The Bertz CT molecular complexity index is 438. The third-order valence-electron chi connectivity index (χ3n) is 4.25. The van der Waals surface area contributed by atoms with Crippen molar-refractivity contribution < 1.29 is 0 Å². The van der Waals surface area contributed by atoms with Crippen molar-refractivity contribution in [2.75, 3.05) is 29.9 Å². The number of aromatic nitrogens is 2. The highest BCUT2D eigenvalue weighted by molar-refractivity contribution is 5.58. The van der Waals surface area contributed by atoms with Gasteiger partial charge in [0.2, 0.25) is 0 Å². The molecule has 0 saturated heterocycles. The summed E-state index contributed by atoms with van der Waals surface area (Å²) in [5.74, 6) is 3.95. The van der Waals surface area contributed by atoms with Crippen LogP contribution in [-0.4, -0.2) is 29.6 Å². The maximum Gasteiger partial charge on any atom is 0.137 e. The van der Waals surface area contributed by atoms with Crippen LogP contribution in [0.3, 0.4) is 0 Å². The summed E-state index contributed by atoms with van der Waals surface area (Å²) in [6.45, 7) is 7.67. The van der Waals surface area contributed by atoms with Crippen molar-refractivity contribution >= 4 is 11.6 Å². The SMILES string of the molecule is CCCNc1ncnc(N(CC2CC2)CC2CC2)c1C. The summed E-state index contributed by atoms with van der Waals surface area (Å²) in [6, 6.07) is 0. The second kappa shape index (κ2) is 5.98. The molecule has 0 bridgehead atoms. The molecule has 0 amide bonds. The molecule has 20 heavy (non-hydrogen) atoms. The predicted octanol–water partition coefficient (Wildman–Crippen LogP) is 3.23. The van der Waals surface area contributed by atoms with Gasteiger partial charge in [-0.25, -0.2) is 9.97 Å². The summed E-state index contributed by atoms with van der Waals surface area (Å²) in [7, 11) is 0. The zero-order chi connectivity index (χ0) is 13.9. The highest BCUT2D eigenvalue weighted by Crippen LogP contribution is 2.36. The minimum atomic E-state index is 0.898. The van der Waals surface area contributed by atoms with Crippen molar-refractivity contribution in [2.45, 2.75) is 46.0 Å². The fraction of sp³-hybridized carbons (Fsp3) is 0.750. The Hall–Kier alpha value is -1.32. The lowest BCUT2D eigenvalue weighted by Gasteiger charge is -2.26. The van der Waals surface area contributed by atoms with Crippen LogP contribution in [0.25, 0.3) is 0 Å². The molecule has 4 nitrogen and oxygen atoms in total. The van der Waals surface area contributed by atoms with E-state index in [9.17, 15) is 0 Å². The second-order valence-corrected chi connectivity index (χ2v) is 6.39. The number of hydrogen-bond donors (Lipinski definition) is 1. The number of nitrogens with one attached hydrogen (secondary N) is 1. The largest absolute Gasteiger partial charge is 0.370 e. The minimum absolute atomic E-state index is 0.898. The topological polar surface area (TPSA) is 41.1 Å². The Kier molecular flexibility index (Phi) is 4.08. The number of nitrogens with zero attached hydrogens (tertiary/aromatic N) is 3. The van der Waals surface area contributed by atoms with Gasteiger partial charge in [0, 0.05) is 25.2 Å². The van der Waals surface area contributed by atoms with Crippen LogP contribution in [0.4, 0.5) is 11.6 Å². The summed E-state index contributed by atoms with van der Waals surface area (Å²) in [5, 5.41) is 3.42. The molecule has 110 valence electrons. The molecule has 1 aromatic rings.